The lowest BCUT2D eigenvalue weighted by molar-refractivity contribution is -0.144. The molecule has 0 unspecified atom stereocenters. The zero-order valence-electron chi connectivity index (χ0n) is 12.6. The second-order valence-corrected chi connectivity index (χ2v) is 5.58. The topological polar surface area (TPSA) is 84.5 Å². The standard InChI is InChI=1S/C15H20N2O4/c1-15(2,3)11-7-5-10(6-8-11)14(20)17-16-12(18)9-13(19)21-4/h5-8H,9H2,1-4H3,(H,16,18)(H,17,20). The smallest absolute Gasteiger partial charge is 0.315 e. The maximum atomic E-state index is 11.8. The summed E-state index contributed by atoms with van der Waals surface area (Å²) in [6, 6.07) is 7.10. The van der Waals surface area contributed by atoms with Crippen LogP contribution in [-0.4, -0.2) is 24.9 Å². The van der Waals surface area contributed by atoms with Crippen LogP contribution in [0, 0.1) is 0 Å². The number of carbonyl (C=O) groups is 3. The van der Waals surface area contributed by atoms with Gasteiger partial charge in [0.1, 0.15) is 6.42 Å². The average molecular weight is 292 g/mol. The number of hydrazine groups is 1. The van der Waals surface area contributed by atoms with Gasteiger partial charge >= 0.3 is 5.97 Å². The predicted octanol–water partition coefficient (Wildman–Crippen LogP) is 1.31. The van der Waals surface area contributed by atoms with Crippen LogP contribution in [0.1, 0.15) is 43.1 Å². The molecule has 0 aliphatic carbocycles. The summed E-state index contributed by atoms with van der Waals surface area (Å²) in [7, 11) is 1.19. The molecule has 2 amide bonds. The third-order valence-electron chi connectivity index (χ3n) is 2.86. The number of esters is 1. The minimum atomic E-state index is -0.670. The Bertz CT molecular complexity index is 530. The van der Waals surface area contributed by atoms with Gasteiger partial charge in [-0.25, -0.2) is 0 Å². The van der Waals surface area contributed by atoms with Crippen molar-refractivity contribution in [1.29, 1.82) is 0 Å². The van der Waals surface area contributed by atoms with Crippen LogP contribution in [-0.2, 0) is 19.7 Å². The molecule has 0 atom stereocenters. The number of hydrogen-bond donors (Lipinski definition) is 2. The monoisotopic (exact) mass is 292 g/mol. The van der Waals surface area contributed by atoms with Gasteiger partial charge in [-0.05, 0) is 23.1 Å². The summed E-state index contributed by atoms with van der Waals surface area (Å²) in [5.74, 6) is -1.76. The Labute approximate surface area is 123 Å². The van der Waals surface area contributed by atoms with Crippen molar-refractivity contribution in [2.24, 2.45) is 0 Å². The van der Waals surface area contributed by atoms with Gasteiger partial charge in [0.05, 0.1) is 7.11 Å². The second-order valence-electron chi connectivity index (χ2n) is 5.58. The summed E-state index contributed by atoms with van der Waals surface area (Å²) < 4.78 is 4.34. The van der Waals surface area contributed by atoms with E-state index >= 15 is 0 Å². The highest BCUT2D eigenvalue weighted by molar-refractivity contribution is 5.98. The number of carbonyl (C=O) groups excluding carboxylic acids is 3. The normalized spacial score (nSPS) is 10.7. The van der Waals surface area contributed by atoms with Crippen molar-refractivity contribution in [1.82, 2.24) is 10.9 Å². The minimum Gasteiger partial charge on any atom is -0.469 e. The van der Waals surface area contributed by atoms with Gasteiger partial charge in [-0.15, -0.1) is 0 Å². The third kappa shape index (κ3) is 5.25. The van der Waals surface area contributed by atoms with Crippen LogP contribution in [0.2, 0.25) is 0 Å². The first kappa shape index (κ1) is 16.7. The third-order valence-corrected chi connectivity index (χ3v) is 2.86. The molecule has 0 spiro atoms. The molecule has 2 N–H and O–H groups in total. The Morgan fingerprint density at radius 3 is 2.10 bits per heavy atom. The van der Waals surface area contributed by atoms with Gasteiger partial charge in [0.25, 0.3) is 5.91 Å². The molecule has 1 aromatic rings. The Hall–Kier alpha value is -2.37. The number of hydrogen-bond acceptors (Lipinski definition) is 4. The van der Waals surface area contributed by atoms with Crippen molar-refractivity contribution in [3.05, 3.63) is 35.4 Å². The van der Waals surface area contributed by atoms with Crippen molar-refractivity contribution in [3.63, 3.8) is 0 Å². The van der Waals surface area contributed by atoms with Gasteiger partial charge in [0, 0.05) is 5.56 Å². The SMILES string of the molecule is COC(=O)CC(=O)NNC(=O)c1ccc(C(C)(C)C)cc1. The van der Waals surface area contributed by atoms with Crippen molar-refractivity contribution >= 4 is 17.8 Å². The van der Waals surface area contributed by atoms with Crippen molar-refractivity contribution in [2.75, 3.05) is 7.11 Å². The van der Waals surface area contributed by atoms with E-state index < -0.39 is 24.2 Å². The molecule has 0 aliphatic rings. The van der Waals surface area contributed by atoms with E-state index in [-0.39, 0.29) is 5.41 Å². The Morgan fingerprint density at radius 1 is 1.05 bits per heavy atom. The van der Waals surface area contributed by atoms with Crippen LogP contribution in [0.3, 0.4) is 0 Å². The summed E-state index contributed by atoms with van der Waals surface area (Å²) >= 11 is 0. The molecular weight excluding hydrogens is 272 g/mol. The van der Waals surface area contributed by atoms with Crippen LogP contribution >= 0.6 is 0 Å². The summed E-state index contributed by atoms with van der Waals surface area (Å²) in [4.78, 5) is 34.0. The summed E-state index contributed by atoms with van der Waals surface area (Å²) in [5.41, 5.74) is 5.92. The first-order valence-electron chi connectivity index (χ1n) is 6.50. The lowest BCUT2D eigenvalue weighted by Crippen LogP contribution is -2.42. The van der Waals surface area contributed by atoms with Gasteiger partial charge in [-0.1, -0.05) is 32.9 Å². The number of amides is 2. The van der Waals surface area contributed by atoms with Gasteiger partial charge in [-0.2, -0.15) is 0 Å². The first-order valence-corrected chi connectivity index (χ1v) is 6.50. The van der Waals surface area contributed by atoms with E-state index in [1.807, 2.05) is 12.1 Å². The first-order chi connectivity index (χ1) is 9.74. The van der Waals surface area contributed by atoms with E-state index in [9.17, 15) is 14.4 Å². The van der Waals surface area contributed by atoms with Gasteiger partial charge in [-0.3, -0.25) is 25.2 Å². The van der Waals surface area contributed by atoms with Crippen molar-refractivity contribution in [3.8, 4) is 0 Å². The summed E-state index contributed by atoms with van der Waals surface area (Å²) in [6.45, 7) is 6.24. The lowest BCUT2D eigenvalue weighted by atomic mass is 9.87. The number of nitrogens with one attached hydrogen (secondary N) is 2. The van der Waals surface area contributed by atoms with E-state index in [1.165, 1.54) is 7.11 Å². The van der Waals surface area contributed by atoms with E-state index in [4.69, 9.17) is 0 Å². The summed E-state index contributed by atoms with van der Waals surface area (Å²) in [5, 5.41) is 0. The molecule has 0 aromatic heterocycles. The van der Waals surface area contributed by atoms with Crippen LogP contribution in [0.25, 0.3) is 0 Å². The minimum absolute atomic E-state index is 0.00371. The fourth-order valence-electron chi connectivity index (χ4n) is 1.57. The molecule has 6 nitrogen and oxygen atoms in total. The van der Waals surface area contributed by atoms with Gasteiger partial charge in [0.2, 0.25) is 5.91 Å². The number of rotatable bonds is 3. The molecule has 114 valence electrons. The van der Waals surface area contributed by atoms with E-state index in [2.05, 4.69) is 36.4 Å². The highest BCUT2D eigenvalue weighted by Crippen LogP contribution is 2.22. The van der Waals surface area contributed by atoms with E-state index in [1.54, 1.807) is 12.1 Å². The highest BCUT2D eigenvalue weighted by atomic mass is 16.5. The molecule has 0 radical (unpaired) electrons. The maximum Gasteiger partial charge on any atom is 0.315 e. The van der Waals surface area contributed by atoms with Gasteiger partial charge < -0.3 is 4.74 Å². The fourth-order valence-corrected chi connectivity index (χ4v) is 1.57. The molecule has 0 bridgehead atoms. The van der Waals surface area contributed by atoms with Crippen LogP contribution < -0.4 is 10.9 Å². The zero-order chi connectivity index (χ0) is 16.0. The highest BCUT2D eigenvalue weighted by Gasteiger charge is 2.15. The molecule has 6 heteroatoms. The van der Waals surface area contributed by atoms with Crippen molar-refractivity contribution in [2.45, 2.75) is 32.6 Å². The van der Waals surface area contributed by atoms with Gasteiger partial charge in [0.15, 0.2) is 0 Å². The Balaban J connectivity index is 2.56. The largest absolute Gasteiger partial charge is 0.469 e. The molecular formula is C15H20N2O4. The fraction of sp³-hybridized carbons (Fsp3) is 0.400. The maximum absolute atomic E-state index is 11.8. The lowest BCUT2D eigenvalue weighted by Gasteiger charge is -2.19. The van der Waals surface area contributed by atoms with Crippen LogP contribution in [0.5, 0.6) is 0 Å². The van der Waals surface area contributed by atoms with Crippen molar-refractivity contribution < 1.29 is 19.1 Å². The second kappa shape index (κ2) is 6.88. The Kier molecular flexibility index (Phi) is 5.46. The molecule has 0 aliphatic heterocycles. The molecule has 0 saturated heterocycles. The number of benzene rings is 1. The molecule has 21 heavy (non-hydrogen) atoms. The zero-order valence-corrected chi connectivity index (χ0v) is 12.6. The molecule has 0 heterocycles. The van der Waals surface area contributed by atoms with E-state index in [0.717, 1.165) is 5.56 Å². The molecule has 1 rings (SSSR count). The molecule has 0 saturated carbocycles. The van der Waals surface area contributed by atoms with Crippen LogP contribution in [0.15, 0.2) is 24.3 Å². The van der Waals surface area contributed by atoms with E-state index in [0.29, 0.717) is 5.56 Å². The molecule has 1 aromatic carbocycles. The summed E-state index contributed by atoms with van der Waals surface area (Å²) in [6.07, 6.45) is -0.445. The quantitative estimate of drug-likeness (QED) is 0.500. The van der Waals surface area contributed by atoms with Crippen LogP contribution in [0.4, 0.5) is 0 Å². The Morgan fingerprint density at radius 2 is 1.62 bits per heavy atom. The predicted molar refractivity (Wildman–Crippen MR) is 77.4 cm³/mol. The number of methoxy groups -OCH3 is 1. The average Bonchev–Trinajstić information content (AvgIpc) is 2.43. The molecule has 0 fully saturated rings. The number of ether oxygens (including phenoxy) is 1.